The first kappa shape index (κ1) is 25.3. The molecular formula is C18H33F3IN5O. The van der Waals surface area contributed by atoms with Gasteiger partial charge in [-0.1, -0.05) is 19.3 Å². The van der Waals surface area contributed by atoms with E-state index in [1.807, 2.05) is 6.92 Å². The third-order valence-corrected chi connectivity index (χ3v) is 5.02. The van der Waals surface area contributed by atoms with E-state index in [0.717, 1.165) is 25.7 Å². The van der Waals surface area contributed by atoms with E-state index in [2.05, 4.69) is 20.9 Å². The molecule has 10 heteroatoms. The molecule has 1 atom stereocenters. The zero-order valence-corrected chi connectivity index (χ0v) is 18.8. The lowest BCUT2D eigenvalue weighted by atomic mass is 9.89. The van der Waals surface area contributed by atoms with Crippen LogP contribution in [-0.2, 0) is 4.79 Å². The molecule has 0 radical (unpaired) electrons. The third-order valence-electron chi connectivity index (χ3n) is 5.02. The minimum atomic E-state index is -4.16. The lowest BCUT2D eigenvalue weighted by Crippen LogP contribution is -2.45. The van der Waals surface area contributed by atoms with Gasteiger partial charge in [-0.05, 0) is 26.2 Å². The molecule has 1 unspecified atom stereocenters. The molecule has 1 amide bonds. The van der Waals surface area contributed by atoms with E-state index in [4.69, 9.17) is 0 Å². The Bertz CT molecular complexity index is 498. The molecule has 164 valence electrons. The van der Waals surface area contributed by atoms with Crippen molar-refractivity contribution < 1.29 is 18.0 Å². The van der Waals surface area contributed by atoms with Crippen LogP contribution >= 0.6 is 24.0 Å². The number of carbonyl (C=O) groups is 1. The van der Waals surface area contributed by atoms with Gasteiger partial charge >= 0.3 is 6.18 Å². The van der Waals surface area contributed by atoms with Gasteiger partial charge in [0.25, 0.3) is 0 Å². The van der Waals surface area contributed by atoms with Crippen LogP contribution < -0.4 is 16.0 Å². The lowest BCUT2D eigenvalue weighted by molar-refractivity contribution is -0.143. The molecule has 28 heavy (non-hydrogen) atoms. The Balaban J connectivity index is 0.00000392. The van der Waals surface area contributed by atoms with Crippen molar-refractivity contribution in [3.63, 3.8) is 0 Å². The van der Waals surface area contributed by atoms with Gasteiger partial charge in [-0.3, -0.25) is 14.7 Å². The number of likely N-dealkylation sites (tertiary alicyclic amines) is 1. The first-order valence-electron chi connectivity index (χ1n) is 9.99. The van der Waals surface area contributed by atoms with Gasteiger partial charge < -0.3 is 16.0 Å². The molecule has 0 aromatic heterocycles. The Kier molecular flexibility index (Phi) is 11.5. The Morgan fingerprint density at radius 3 is 2.50 bits per heavy atom. The van der Waals surface area contributed by atoms with Crippen molar-refractivity contribution in [1.29, 1.82) is 0 Å². The molecule has 2 aliphatic rings. The van der Waals surface area contributed by atoms with Crippen LogP contribution in [0.5, 0.6) is 0 Å². The molecule has 1 saturated carbocycles. The van der Waals surface area contributed by atoms with Gasteiger partial charge in [0.1, 0.15) is 0 Å². The first-order chi connectivity index (χ1) is 12.9. The van der Waals surface area contributed by atoms with Crippen LogP contribution in [-0.4, -0.2) is 68.3 Å². The molecule has 1 saturated heterocycles. The van der Waals surface area contributed by atoms with Crippen molar-refractivity contribution in [2.24, 2.45) is 10.9 Å². The largest absolute Gasteiger partial charge is 0.401 e. The molecule has 3 N–H and O–H groups in total. The first-order valence-corrected chi connectivity index (χ1v) is 9.99. The highest BCUT2D eigenvalue weighted by Crippen LogP contribution is 2.23. The summed E-state index contributed by atoms with van der Waals surface area (Å²) in [5.74, 6) is 0.830. The van der Waals surface area contributed by atoms with E-state index >= 15 is 0 Å². The van der Waals surface area contributed by atoms with E-state index in [0.29, 0.717) is 45.1 Å². The Labute approximate surface area is 182 Å². The predicted octanol–water partition coefficient (Wildman–Crippen LogP) is 2.49. The second kappa shape index (κ2) is 12.7. The average Bonchev–Trinajstić information content (AvgIpc) is 3.04. The number of nitrogens with zero attached hydrogens (tertiary/aromatic N) is 2. The molecule has 0 aromatic rings. The quantitative estimate of drug-likeness (QED) is 0.209. The normalized spacial score (nSPS) is 21.9. The van der Waals surface area contributed by atoms with Gasteiger partial charge in [-0.15, -0.1) is 24.0 Å². The summed E-state index contributed by atoms with van der Waals surface area (Å²) in [4.78, 5) is 18.0. The Hall–Kier alpha value is -0.780. The summed E-state index contributed by atoms with van der Waals surface area (Å²) in [6.45, 7) is 3.41. The predicted molar refractivity (Wildman–Crippen MR) is 115 cm³/mol. The SMILES string of the molecule is CCNC(=NCCNC(=O)C1CCCCC1)NC1CCN(CC(F)(F)F)C1.I. The number of nitrogens with one attached hydrogen (secondary N) is 3. The number of alkyl halides is 3. The minimum Gasteiger partial charge on any atom is -0.357 e. The van der Waals surface area contributed by atoms with Crippen molar-refractivity contribution in [1.82, 2.24) is 20.9 Å². The van der Waals surface area contributed by atoms with Crippen LogP contribution in [0.1, 0.15) is 45.4 Å². The second-order valence-electron chi connectivity index (χ2n) is 7.37. The number of guanidine groups is 1. The van der Waals surface area contributed by atoms with E-state index in [9.17, 15) is 18.0 Å². The van der Waals surface area contributed by atoms with Gasteiger partial charge in [0, 0.05) is 38.1 Å². The van der Waals surface area contributed by atoms with Crippen molar-refractivity contribution in [3.05, 3.63) is 0 Å². The highest BCUT2D eigenvalue weighted by Gasteiger charge is 2.34. The second-order valence-corrected chi connectivity index (χ2v) is 7.37. The molecular weight excluding hydrogens is 486 g/mol. The zero-order valence-electron chi connectivity index (χ0n) is 16.5. The van der Waals surface area contributed by atoms with Crippen LogP contribution in [0.3, 0.4) is 0 Å². The van der Waals surface area contributed by atoms with Gasteiger partial charge in [-0.2, -0.15) is 13.2 Å². The van der Waals surface area contributed by atoms with E-state index < -0.39 is 12.7 Å². The number of amides is 1. The number of rotatable bonds is 7. The molecule has 0 bridgehead atoms. The molecule has 6 nitrogen and oxygen atoms in total. The summed E-state index contributed by atoms with van der Waals surface area (Å²) in [5, 5.41) is 9.25. The maximum absolute atomic E-state index is 12.5. The summed E-state index contributed by atoms with van der Waals surface area (Å²) in [6.07, 6.45) is 1.88. The topological polar surface area (TPSA) is 68.8 Å². The van der Waals surface area contributed by atoms with Crippen molar-refractivity contribution in [3.8, 4) is 0 Å². The minimum absolute atomic E-state index is 0. The Morgan fingerprint density at radius 1 is 1.14 bits per heavy atom. The van der Waals surface area contributed by atoms with Crippen LogP contribution in [0.4, 0.5) is 13.2 Å². The van der Waals surface area contributed by atoms with Crippen LogP contribution in [0, 0.1) is 5.92 Å². The summed E-state index contributed by atoms with van der Waals surface area (Å²) in [6, 6.07) is -0.0537. The van der Waals surface area contributed by atoms with E-state index in [1.165, 1.54) is 11.3 Å². The van der Waals surface area contributed by atoms with Gasteiger partial charge in [0.05, 0.1) is 13.1 Å². The van der Waals surface area contributed by atoms with Gasteiger partial charge in [0.15, 0.2) is 5.96 Å². The summed E-state index contributed by atoms with van der Waals surface area (Å²) in [7, 11) is 0. The molecule has 1 heterocycles. The molecule has 1 aliphatic carbocycles. The van der Waals surface area contributed by atoms with Gasteiger partial charge in [0.2, 0.25) is 5.91 Å². The summed E-state index contributed by atoms with van der Waals surface area (Å²) in [5.41, 5.74) is 0. The molecule has 2 rings (SSSR count). The van der Waals surface area contributed by atoms with Crippen LogP contribution in [0.2, 0.25) is 0 Å². The number of hydrogen-bond acceptors (Lipinski definition) is 3. The molecule has 1 aliphatic heterocycles. The maximum Gasteiger partial charge on any atom is 0.401 e. The fraction of sp³-hybridized carbons (Fsp3) is 0.889. The fourth-order valence-corrected chi connectivity index (χ4v) is 3.72. The number of hydrogen-bond donors (Lipinski definition) is 3. The smallest absolute Gasteiger partial charge is 0.357 e. The van der Waals surface area contributed by atoms with Crippen LogP contribution in [0.25, 0.3) is 0 Å². The molecule has 0 spiro atoms. The van der Waals surface area contributed by atoms with Crippen molar-refractivity contribution in [2.45, 2.75) is 57.7 Å². The number of carbonyl (C=O) groups excluding carboxylic acids is 1. The average molecular weight is 519 g/mol. The highest BCUT2D eigenvalue weighted by atomic mass is 127. The standard InChI is InChI=1S/C18H32F3N5O.HI/c1-2-22-17(25-15-8-11-26(12-15)13-18(19,20)21)24-10-9-23-16(27)14-6-4-3-5-7-14;/h14-15H,2-13H2,1H3,(H,23,27)(H2,22,24,25);1H. The number of aliphatic imine (C=N–C) groups is 1. The molecule has 0 aromatic carbocycles. The molecule has 2 fully saturated rings. The summed E-state index contributed by atoms with van der Waals surface area (Å²) < 4.78 is 37.5. The van der Waals surface area contributed by atoms with E-state index in [1.54, 1.807) is 0 Å². The monoisotopic (exact) mass is 519 g/mol. The lowest BCUT2D eigenvalue weighted by Gasteiger charge is -2.21. The van der Waals surface area contributed by atoms with Crippen molar-refractivity contribution in [2.75, 3.05) is 39.3 Å². The Morgan fingerprint density at radius 2 is 1.86 bits per heavy atom. The maximum atomic E-state index is 12.5. The van der Waals surface area contributed by atoms with Crippen LogP contribution in [0.15, 0.2) is 4.99 Å². The highest BCUT2D eigenvalue weighted by molar-refractivity contribution is 14.0. The fourth-order valence-electron chi connectivity index (χ4n) is 3.72. The third kappa shape index (κ3) is 9.62. The number of halogens is 4. The summed E-state index contributed by atoms with van der Waals surface area (Å²) >= 11 is 0. The van der Waals surface area contributed by atoms with E-state index in [-0.39, 0.29) is 41.8 Å². The zero-order chi connectivity index (χ0) is 19.7. The van der Waals surface area contributed by atoms with Gasteiger partial charge in [-0.25, -0.2) is 0 Å². The van der Waals surface area contributed by atoms with Crippen molar-refractivity contribution >= 4 is 35.8 Å².